The molecule has 2 nitrogen and oxygen atoms in total. The van der Waals surface area contributed by atoms with Crippen LogP contribution in [-0.4, -0.2) is 11.9 Å². The van der Waals surface area contributed by atoms with Crippen LogP contribution < -0.4 is 4.74 Å². The van der Waals surface area contributed by atoms with Gasteiger partial charge < -0.3 is 4.74 Å². The van der Waals surface area contributed by atoms with Crippen molar-refractivity contribution < 1.29 is 9.53 Å². The number of para-hydroxylation sites is 1. The van der Waals surface area contributed by atoms with E-state index in [2.05, 4.69) is 0 Å². The van der Waals surface area contributed by atoms with Gasteiger partial charge in [-0.1, -0.05) is 18.2 Å². The number of ketones is 1. The highest BCUT2D eigenvalue weighted by Gasteiger charge is 2.24. The number of Topliss-reactive ketones (excluding diaryl/α,β-unsaturated/α-hetero) is 1. The molecule has 0 saturated heterocycles. The first kappa shape index (κ1) is 11.2. The van der Waals surface area contributed by atoms with Gasteiger partial charge in [-0.2, -0.15) is 0 Å². The zero-order valence-electron chi connectivity index (χ0n) is 9.95. The van der Waals surface area contributed by atoms with Gasteiger partial charge in [-0.3, -0.25) is 4.79 Å². The predicted octanol–water partition coefficient (Wildman–Crippen LogP) is 3.19. The van der Waals surface area contributed by atoms with Gasteiger partial charge in [0.2, 0.25) is 0 Å². The van der Waals surface area contributed by atoms with Crippen LogP contribution in [0.3, 0.4) is 0 Å². The normalized spacial score (nSPS) is 20.9. The SMILES string of the molecule is Cc1cccc(C)c1O[C@H]1CCCCC1=O. The van der Waals surface area contributed by atoms with Gasteiger partial charge in [-0.25, -0.2) is 0 Å². The summed E-state index contributed by atoms with van der Waals surface area (Å²) in [5.74, 6) is 1.15. The van der Waals surface area contributed by atoms with E-state index in [0.717, 1.165) is 36.1 Å². The second kappa shape index (κ2) is 4.69. The first-order valence-corrected chi connectivity index (χ1v) is 5.94. The summed E-state index contributed by atoms with van der Waals surface area (Å²) >= 11 is 0. The summed E-state index contributed by atoms with van der Waals surface area (Å²) in [6.07, 6.45) is 3.45. The topological polar surface area (TPSA) is 26.3 Å². The van der Waals surface area contributed by atoms with Gasteiger partial charge in [0.1, 0.15) is 5.75 Å². The van der Waals surface area contributed by atoms with E-state index >= 15 is 0 Å². The standard InChI is InChI=1S/C14H18O2/c1-10-6-5-7-11(2)14(10)16-13-9-4-3-8-12(13)15/h5-7,13H,3-4,8-9H2,1-2H3/t13-/m0/s1. The lowest BCUT2D eigenvalue weighted by Gasteiger charge is -2.23. The highest BCUT2D eigenvalue weighted by molar-refractivity contribution is 5.84. The number of rotatable bonds is 2. The molecule has 1 aromatic rings. The third-order valence-electron chi connectivity index (χ3n) is 3.17. The predicted molar refractivity (Wildman–Crippen MR) is 63.8 cm³/mol. The first-order chi connectivity index (χ1) is 7.68. The Morgan fingerprint density at radius 3 is 2.50 bits per heavy atom. The number of hydrogen-bond acceptors (Lipinski definition) is 2. The average Bonchev–Trinajstić information content (AvgIpc) is 2.26. The van der Waals surface area contributed by atoms with E-state index in [9.17, 15) is 4.79 Å². The van der Waals surface area contributed by atoms with Gasteiger partial charge in [0.05, 0.1) is 0 Å². The van der Waals surface area contributed by atoms with Crippen LogP contribution in [0.25, 0.3) is 0 Å². The van der Waals surface area contributed by atoms with Crippen molar-refractivity contribution in [2.24, 2.45) is 0 Å². The third kappa shape index (κ3) is 2.26. The molecule has 2 heteroatoms. The molecule has 0 unspecified atom stereocenters. The Morgan fingerprint density at radius 2 is 1.88 bits per heavy atom. The van der Waals surface area contributed by atoms with Crippen molar-refractivity contribution in [1.82, 2.24) is 0 Å². The molecular formula is C14H18O2. The molecular weight excluding hydrogens is 200 g/mol. The lowest BCUT2D eigenvalue weighted by molar-refractivity contribution is -0.127. The van der Waals surface area contributed by atoms with Gasteiger partial charge in [0.25, 0.3) is 0 Å². The molecule has 1 aliphatic carbocycles. The first-order valence-electron chi connectivity index (χ1n) is 5.94. The summed E-state index contributed by atoms with van der Waals surface area (Å²) in [6.45, 7) is 4.05. The van der Waals surface area contributed by atoms with E-state index in [1.165, 1.54) is 0 Å². The molecule has 2 rings (SSSR count). The smallest absolute Gasteiger partial charge is 0.173 e. The van der Waals surface area contributed by atoms with Gasteiger partial charge in [-0.15, -0.1) is 0 Å². The maximum absolute atomic E-state index is 11.7. The fourth-order valence-corrected chi connectivity index (χ4v) is 2.20. The van der Waals surface area contributed by atoms with Crippen LogP contribution >= 0.6 is 0 Å². The van der Waals surface area contributed by atoms with Gasteiger partial charge in [0, 0.05) is 6.42 Å². The largest absolute Gasteiger partial charge is 0.482 e. The quantitative estimate of drug-likeness (QED) is 0.762. The van der Waals surface area contributed by atoms with Crippen molar-refractivity contribution in [2.75, 3.05) is 0 Å². The minimum Gasteiger partial charge on any atom is -0.482 e. The molecule has 1 saturated carbocycles. The molecule has 0 radical (unpaired) electrons. The Morgan fingerprint density at radius 1 is 1.19 bits per heavy atom. The Bertz CT molecular complexity index is 375. The molecule has 0 amide bonds. The van der Waals surface area contributed by atoms with Crippen molar-refractivity contribution in [3.05, 3.63) is 29.3 Å². The monoisotopic (exact) mass is 218 g/mol. The molecule has 1 atom stereocenters. The Kier molecular flexibility index (Phi) is 3.28. The molecule has 1 fully saturated rings. The summed E-state index contributed by atoms with van der Waals surface area (Å²) in [4.78, 5) is 11.7. The van der Waals surface area contributed by atoms with E-state index in [4.69, 9.17) is 4.74 Å². The average molecular weight is 218 g/mol. The van der Waals surface area contributed by atoms with Crippen LogP contribution in [0.15, 0.2) is 18.2 Å². The number of benzene rings is 1. The minimum absolute atomic E-state index is 0.214. The summed E-state index contributed by atoms with van der Waals surface area (Å²) in [5, 5.41) is 0. The van der Waals surface area contributed by atoms with Crippen molar-refractivity contribution in [3.63, 3.8) is 0 Å². The van der Waals surface area contributed by atoms with Gasteiger partial charge in [-0.05, 0) is 44.2 Å². The van der Waals surface area contributed by atoms with Crippen molar-refractivity contribution in [2.45, 2.75) is 45.6 Å². The molecule has 0 spiro atoms. The van der Waals surface area contributed by atoms with E-state index < -0.39 is 0 Å². The molecule has 0 N–H and O–H groups in total. The number of ether oxygens (including phenoxy) is 1. The molecule has 1 aromatic carbocycles. The second-order valence-electron chi connectivity index (χ2n) is 4.54. The van der Waals surface area contributed by atoms with E-state index in [1.54, 1.807) is 0 Å². The molecule has 0 aromatic heterocycles. The Balaban J connectivity index is 2.16. The second-order valence-corrected chi connectivity index (χ2v) is 4.54. The molecule has 0 bridgehead atoms. The van der Waals surface area contributed by atoms with Crippen LogP contribution in [0, 0.1) is 13.8 Å². The summed E-state index contributed by atoms with van der Waals surface area (Å²) in [5.41, 5.74) is 2.22. The highest BCUT2D eigenvalue weighted by Crippen LogP contribution is 2.27. The number of carbonyl (C=O) groups is 1. The third-order valence-corrected chi connectivity index (χ3v) is 3.17. The molecule has 0 aliphatic heterocycles. The van der Waals surface area contributed by atoms with Crippen molar-refractivity contribution in [3.8, 4) is 5.75 Å². The van der Waals surface area contributed by atoms with Crippen LogP contribution in [0.2, 0.25) is 0 Å². The molecule has 16 heavy (non-hydrogen) atoms. The summed E-state index contributed by atoms with van der Waals surface area (Å²) < 4.78 is 5.88. The Labute approximate surface area is 96.6 Å². The highest BCUT2D eigenvalue weighted by atomic mass is 16.5. The maximum atomic E-state index is 11.7. The molecule has 1 aliphatic rings. The number of aryl methyl sites for hydroxylation is 2. The van der Waals surface area contributed by atoms with Crippen molar-refractivity contribution in [1.29, 1.82) is 0 Å². The van der Waals surface area contributed by atoms with Crippen LogP contribution in [0.4, 0.5) is 0 Å². The number of carbonyl (C=O) groups excluding carboxylic acids is 1. The van der Waals surface area contributed by atoms with Crippen LogP contribution in [0.1, 0.15) is 36.8 Å². The molecule has 86 valence electrons. The lowest BCUT2D eigenvalue weighted by atomic mass is 9.96. The zero-order valence-corrected chi connectivity index (χ0v) is 9.95. The van der Waals surface area contributed by atoms with Crippen LogP contribution in [-0.2, 0) is 4.79 Å². The zero-order chi connectivity index (χ0) is 11.5. The van der Waals surface area contributed by atoms with E-state index in [0.29, 0.717) is 6.42 Å². The fraction of sp³-hybridized carbons (Fsp3) is 0.500. The summed E-state index contributed by atoms with van der Waals surface area (Å²) in [6, 6.07) is 6.06. The van der Waals surface area contributed by atoms with E-state index in [1.807, 2.05) is 32.0 Å². The lowest BCUT2D eigenvalue weighted by Crippen LogP contribution is -2.30. The van der Waals surface area contributed by atoms with Crippen molar-refractivity contribution >= 4 is 5.78 Å². The summed E-state index contributed by atoms with van der Waals surface area (Å²) in [7, 11) is 0. The molecule has 0 heterocycles. The van der Waals surface area contributed by atoms with Gasteiger partial charge in [0.15, 0.2) is 11.9 Å². The Hall–Kier alpha value is -1.31. The van der Waals surface area contributed by atoms with Crippen LogP contribution in [0.5, 0.6) is 5.75 Å². The van der Waals surface area contributed by atoms with Gasteiger partial charge >= 0.3 is 0 Å². The van der Waals surface area contributed by atoms with E-state index in [-0.39, 0.29) is 11.9 Å². The maximum Gasteiger partial charge on any atom is 0.173 e. The number of hydrogen-bond donors (Lipinski definition) is 0. The fourth-order valence-electron chi connectivity index (χ4n) is 2.20. The minimum atomic E-state index is -0.214.